The Bertz CT molecular complexity index is 436. The molecule has 1 aromatic carbocycles. The maximum absolute atomic E-state index is 10.8. The third kappa shape index (κ3) is 6.04. The molecule has 21 heavy (non-hydrogen) atoms. The lowest BCUT2D eigenvalue weighted by atomic mass is 10.2. The minimum absolute atomic E-state index is 0.00163. The van der Waals surface area contributed by atoms with Gasteiger partial charge in [-0.3, -0.25) is 9.69 Å². The van der Waals surface area contributed by atoms with Gasteiger partial charge in [0.25, 0.3) is 0 Å². The van der Waals surface area contributed by atoms with Crippen molar-refractivity contribution in [1.29, 1.82) is 0 Å². The highest BCUT2D eigenvalue weighted by molar-refractivity contribution is 5.67. The highest BCUT2D eigenvalue weighted by Gasteiger charge is 2.15. The summed E-state index contributed by atoms with van der Waals surface area (Å²) in [5.41, 5.74) is 0. The van der Waals surface area contributed by atoms with Gasteiger partial charge in [0.15, 0.2) is 11.5 Å². The number of hydrogen-bond donors (Lipinski definition) is 1. The Morgan fingerprint density at radius 1 is 1.24 bits per heavy atom. The topological polar surface area (TPSA) is 59.0 Å². The first-order valence-electron chi connectivity index (χ1n) is 7.38. The minimum atomic E-state index is -0.774. The Balaban J connectivity index is 2.49. The zero-order valence-corrected chi connectivity index (χ0v) is 13.0. The first kappa shape index (κ1) is 17.3. The molecule has 1 unspecified atom stereocenters. The molecular formula is C16H25NO4. The van der Waals surface area contributed by atoms with Crippen LogP contribution < -0.4 is 9.47 Å². The summed E-state index contributed by atoms with van der Waals surface area (Å²) in [6, 6.07) is 7.57. The van der Waals surface area contributed by atoms with E-state index in [1.807, 2.05) is 45.0 Å². The van der Waals surface area contributed by atoms with Crippen molar-refractivity contribution < 1.29 is 19.4 Å². The maximum atomic E-state index is 10.8. The number of rotatable bonds is 10. The normalized spacial score (nSPS) is 12.2. The number of benzene rings is 1. The fourth-order valence-corrected chi connectivity index (χ4v) is 2.19. The van der Waals surface area contributed by atoms with Crippen molar-refractivity contribution in [3.63, 3.8) is 0 Å². The molecule has 0 fully saturated rings. The predicted octanol–water partition coefficient (Wildman–Crippen LogP) is 2.65. The van der Waals surface area contributed by atoms with E-state index < -0.39 is 5.97 Å². The van der Waals surface area contributed by atoms with Crippen LogP contribution in [0.2, 0.25) is 0 Å². The molecule has 0 aromatic heterocycles. The maximum Gasteiger partial charge on any atom is 0.304 e. The van der Waals surface area contributed by atoms with Crippen LogP contribution >= 0.6 is 0 Å². The van der Waals surface area contributed by atoms with Crippen LogP contribution in [0.25, 0.3) is 0 Å². The summed E-state index contributed by atoms with van der Waals surface area (Å²) in [6.45, 7) is 8.46. The molecule has 0 heterocycles. The number of para-hydroxylation sites is 2. The summed E-state index contributed by atoms with van der Waals surface area (Å²) in [7, 11) is 0. The quantitative estimate of drug-likeness (QED) is 0.719. The molecule has 5 nitrogen and oxygen atoms in total. The van der Waals surface area contributed by atoms with Crippen molar-refractivity contribution >= 4 is 5.97 Å². The number of carboxylic acids is 1. The van der Waals surface area contributed by atoms with Gasteiger partial charge in [0.1, 0.15) is 6.61 Å². The molecule has 0 aliphatic heterocycles. The van der Waals surface area contributed by atoms with Crippen LogP contribution in [0.3, 0.4) is 0 Å². The van der Waals surface area contributed by atoms with Gasteiger partial charge >= 0.3 is 5.97 Å². The van der Waals surface area contributed by atoms with Crippen LogP contribution in [-0.4, -0.2) is 48.3 Å². The largest absolute Gasteiger partial charge is 0.490 e. The number of carbonyl (C=O) groups is 1. The van der Waals surface area contributed by atoms with E-state index in [9.17, 15) is 4.79 Å². The van der Waals surface area contributed by atoms with Crippen LogP contribution in [0.4, 0.5) is 0 Å². The van der Waals surface area contributed by atoms with Crippen LogP contribution in [0.1, 0.15) is 27.2 Å². The molecule has 5 heteroatoms. The van der Waals surface area contributed by atoms with Gasteiger partial charge in [-0.15, -0.1) is 0 Å². The van der Waals surface area contributed by atoms with Gasteiger partial charge in [-0.05, 0) is 32.5 Å². The summed E-state index contributed by atoms with van der Waals surface area (Å²) in [5.74, 6) is 0.687. The molecule has 0 aliphatic carbocycles. The summed E-state index contributed by atoms with van der Waals surface area (Å²) < 4.78 is 11.3. The Morgan fingerprint density at radius 2 is 1.86 bits per heavy atom. The summed E-state index contributed by atoms with van der Waals surface area (Å²) in [6.07, 6.45) is 0.142. The van der Waals surface area contributed by atoms with Gasteiger partial charge in [-0.2, -0.15) is 0 Å². The smallest absolute Gasteiger partial charge is 0.304 e. The van der Waals surface area contributed by atoms with Crippen molar-refractivity contribution in [3.8, 4) is 11.5 Å². The Kier molecular flexibility index (Phi) is 7.61. The van der Waals surface area contributed by atoms with Crippen LogP contribution in [0.15, 0.2) is 24.3 Å². The SMILES string of the molecule is CCOc1ccccc1OCCN(CC)C(C)CC(=O)O. The third-order valence-electron chi connectivity index (χ3n) is 3.28. The van der Waals surface area contributed by atoms with Crippen LogP contribution in [0, 0.1) is 0 Å². The Labute approximate surface area is 126 Å². The van der Waals surface area contributed by atoms with Gasteiger partial charge < -0.3 is 14.6 Å². The standard InChI is InChI=1S/C16H25NO4/c1-4-17(13(3)12-16(18)19)10-11-21-15-9-7-6-8-14(15)20-5-2/h6-9,13H,4-5,10-12H2,1-3H3,(H,18,19). The van der Waals surface area contributed by atoms with E-state index in [0.717, 1.165) is 18.0 Å². The lowest BCUT2D eigenvalue weighted by Gasteiger charge is -2.26. The highest BCUT2D eigenvalue weighted by atomic mass is 16.5. The van der Waals surface area contributed by atoms with Crippen molar-refractivity contribution in [2.45, 2.75) is 33.2 Å². The van der Waals surface area contributed by atoms with E-state index in [1.54, 1.807) is 0 Å². The number of hydrogen-bond acceptors (Lipinski definition) is 4. The molecule has 1 rings (SSSR count). The van der Waals surface area contributed by atoms with Crippen molar-refractivity contribution in [1.82, 2.24) is 4.90 Å². The highest BCUT2D eigenvalue weighted by Crippen LogP contribution is 2.26. The van der Waals surface area contributed by atoms with E-state index in [0.29, 0.717) is 19.8 Å². The number of aliphatic carboxylic acids is 1. The van der Waals surface area contributed by atoms with Gasteiger partial charge in [-0.25, -0.2) is 0 Å². The second kappa shape index (κ2) is 9.23. The van der Waals surface area contributed by atoms with E-state index in [1.165, 1.54) is 0 Å². The van der Waals surface area contributed by atoms with Crippen LogP contribution in [-0.2, 0) is 4.79 Å². The molecule has 0 aliphatic rings. The number of nitrogens with zero attached hydrogens (tertiary/aromatic N) is 1. The monoisotopic (exact) mass is 295 g/mol. The van der Waals surface area contributed by atoms with E-state index >= 15 is 0 Å². The molecule has 0 spiro atoms. The zero-order chi connectivity index (χ0) is 15.7. The Morgan fingerprint density at radius 3 is 2.38 bits per heavy atom. The van der Waals surface area contributed by atoms with Gasteiger partial charge in [0, 0.05) is 12.6 Å². The van der Waals surface area contributed by atoms with Crippen LogP contribution in [0.5, 0.6) is 11.5 Å². The molecule has 1 aromatic rings. The zero-order valence-electron chi connectivity index (χ0n) is 13.0. The van der Waals surface area contributed by atoms with Gasteiger partial charge in [0.2, 0.25) is 0 Å². The van der Waals surface area contributed by atoms with Crippen molar-refractivity contribution in [2.75, 3.05) is 26.3 Å². The summed E-state index contributed by atoms with van der Waals surface area (Å²) in [5, 5.41) is 8.85. The second-order valence-electron chi connectivity index (χ2n) is 4.80. The minimum Gasteiger partial charge on any atom is -0.490 e. The van der Waals surface area contributed by atoms with Crippen molar-refractivity contribution in [3.05, 3.63) is 24.3 Å². The molecule has 0 bridgehead atoms. The average molecular weight is 295 g/mol. The molecule has 0 amide bonds. The lowest BCUT2D eigenvalue weighted by molar-refractivity contribution is -0.138. The van der Waals surface area contributed by atoms with Gasteiger partial charge in [-0.1, -0.05) is 19.1 Å². The Hall–Kier alpha value is -1.75. The first-order valence-corrected chi connectivity index (χ1v) is 7.38. The summed E-state index contributed by atoms with van der Waals surface area (Å²) in [4.78, 5) is 12.9. The van der Waals surface area contributed by atoms with Gasteiger partial charge in [0.05, 0.1) is 13.0 Å². The number of ether oxygens (including phenoxy) is 2. The van der Waals surface area contributed by atoms with E-state index in [4.69, 9.17) is 14.6 Å². The predicted molar refractivity (Wildman–Crippen MR) is 82.1 cm³/mol. The molecule has 1 atom stereocenters. The first-order chi connectivity index (χ1) is 10.1. The fraction of sp³-hybridized carbons (Fsp3) is 0.562. The van der Waals surface area contributed by atoms with Crippen molar-refractivity contribution in [2.24, 2.45) is 0 Å². The molecule has 118 valence electrons. The van der Waals surface area contributed by atoms with E-state index in [-0.39, 0.29) is 12.5 Å². The number of likely N-dealkylation sites (N-methyl/N-ethyl adjacent to an activating group) is 1. The third-order valence-corrected chi connectivity index (χ3v) is 3.28. The molecular weight excluding hydrogens is 270 g/mol. The fourth-order valence-electron chi connectivity index (χ4n) is 2.19. The molecule has 1 N–H and O–H groups in total. The lowest BCUT2D eigenvalue weighted by Crippen LogP contribution is -2.37. The summed E-state index contributed by atoms with van der Waals surface area (Å²) >= 11 is 0. The average Bonchev–Trinajstić information content (AvgIpc) is 2.44. The number of carboxylic acid groups (broad SMARTS) is 1. The molecule has 0 saturated heterocycles. The molecule has 0 saturated carbocycles. The molecule has 0 radical (unpaired) electrons. The van der Waals surface area contributed by atoms with E-state index in [2.05, 4.69) is 4.90 Å². The second-order valence-corrected chi connectivity index (χ2v) is 4.80.